The van der Waals surface area contributed by atoms with Gasteiger partial charge in [0.05, 0.1) is 28.3 Å². The SMILES string of the molecule is CNC(=O)c1cc([N+](=O)[O-])ccc1N1CCc2c(sc(N)c2C#N)C1. The number of thiophene rings is 1. The van der Waals surface area contributed by atoms with Crippen LogP contribution in [0.4, 0.5) is 16.4 Å². The molecular weight excluding hydrogens is 342 g/mol. The molecule has 3 N–H and O–H groups in total. The van der Waals surface area contributed by atoms with Gasteiger partial charge >= 0.3 is 0 Å². The van der Waals surface area contributed by atoms with Crippen LogP contribution in [-0.2, 0) is 13.0 Å². The van der Waals surface area contributed by atoms with E-state index in [9.17, 15) is 20.2 Å². The summed E-state index contributed by atoms with van der Waals surface area (Å²) < 4.78 is 0. The second-order valence-electron chi connectivity index (χ2n) is 5.56. The summed E-state index contributed by atoms with van der Waals surface area (Å²) in [6, 6.07) is 6.41. The van der Waals surface area contributed by atoms with Gasteiger partial charge in [-0.1, -0.05) is 0 Å². The van der Waals surface area contributed by atoms with Gasteiger partial charge in [-0.05, 0) is 18.1 Å². The number of fused-ring (bicyclic) bond motifs is 1. The summed E-state index contributed by atoms with van der Waals surface area (Å²) in [6.45, 7) is 1.10. The zero-order valence-corrected chi connectivity index (χ0v) is 14.2. The lowest BCUT2D eigenvalue weighted by atomic mass is 10.0. The van der Waals surface area contributed by atoms with Gasteiger partial charge in [-0.3, -0.25) is 14.9 Å². The van der Waals surface area contributed by atoms with Gasteiger partial charge in [0.15, 0.2) is 0 Å². The first kappa shape index (κ1) is 16.7. The molecule has 0 aliphatic carbocycles. The third kappa shape index (κ3) is 2.88. The average molecular weight is 357 g/mol. The number of nitrogens with two attached hydrogens (primary N) is 1. The van der Waals surface area contributed by atoms with E-state index in [0.717, 1.165) is 10.4 Å². The molecule has 0 radical (unpaired) electrons. The van der Waals surface area contributed by atoms with Gasteiger partial charge in [0.25, 0.3) is 11.6 Å². The van der Waals surface area contributed by atoms with E-state index >= 15 is 0 Å². The highest BCUT2D eigenvalue weighted by Crippen LogP contribution is 2.37. The Bertz CT molecular complexity index is 915. The Labute approximate surface area is 147 Å². The third-order valence-electron chi connectivity index (χ3n) is 4.20. The molecule has 0 saturated heterocycles. The number of hydrogen-bond acceptors (Lipinski definition) is 7. The number of carbonyl (C=O) groups is 1. The van der Waals surface area contributed by atoms with Crippen molar-refractivity contribution in [3.63, 3.8) is 0 Å². The average Bonchev–Trinajstić information content (AvgIpc) is 2.94. The number of anilines is 2. The molecule has 0 spiro atoms. The molecule has 0 fully saturated rings. The number of hydrogen-bond donors (Lipinski definition) is 2. The van der Waals surface area contributed by atoms with E-state index in [4.69, 9.17) is 5.73 Å². The van der Waals surface area contributed by atoms with Crippen molar-refractivity contribution in [1.29, 1.82) is 5.26 Å². The second-order valence-corrected chi connectivity index (χ2v) is 6.70. The van der Waals surface area contributed by atoms with Crippen LogP contribution in [0.5, 0.6) is 0 Å². The van der Waals surface area contributed by atoms with E-state index in [0.29, 0.717) is 35.8 Å². The van der Waals surface area contributed by atoms with E-state index in [1.165, 1.54) is 30.5 Å². The second kappa shape index (κ2) is 6.41. The Morgan fingerprint density at radius 2 is 2.28 bits per heavy atom. The molecule has 1 amide bonds. The Kier molecular flexibility index (Phi) is 4.29. The van der Waals surface area contributed by atoms with Crippen molar-refractivity contribution < 1.29 is 9.72 Å². The zero-order valence-electron chi connectivity index (χ0n) is 13.4. The number of rotatable bonds is 3. The number of nitriles is 1. The van der Waals surface area contributed by atoms with Crippen LogP contribution in [0, 0.1) is 21.4 Å². The van der Waals surface area contributed by atoms with Crippen molar-refractivity contribution in [3.05, 3.63) is 49.9 Å². The fraction of sp³-hybridized carbons (Fsp3) is 0.250. The van der Waals surface area contributed by atoms with E-state index in [1.807, 2.05) is 4.90 Å². The smallest absolute Gasteiger partial charge is 0.270 e. The number of nitrogens with one attached hydrogen (secondary N) is 1. The molecule has 8 nitrogen and oxygen atoms in total. The third-order valence-corrected chi connectivity index (χ3v) is 5.25. The van der Waals surface area contributed by atoms with Crippen LogP contribution in [-0.4, -0.2) is 24.4 Å². The summed E-state index contributed by atoms with van der Waals surface area (Å²) in [5.74, 6) is -0.382. The minimum Gasteiger partial charge on any atom is -0.389 e. The monoisotopic (exact) mass is 357 g/mol. The molecule has 1 aromatic heterocycles. The molecule has 3 rings (SSSR count). The molecule has 1 aliphatic rings. The summed E-state index contributed by atoms with van der Waals surface area (Å²) in [5, 5.41) is 23.3. The molecule has 2 aromatic rings. The van der Waals surface area contributed by atoms with Crippen LogP contribution < -0.4 is 16.0 Å². The Hall–Kier alpha value is -3.12. The first-order chi connectivity index (χ1) is 12.0. The van der Waals surface area contributed by atoms with Crippen molar-refractivity contribution >= 4 is 33.6 Å². The summed E-state index contributed by atoms with van der Waals surface area (Å²) in [4.78, 5) is 25.6. The van der Waals surface area contributed by atoms with Gasteiger partial charge in [0.1, 0.15) is 11.1 Å². The number of non-ortho nitro benzene ring substituents is 1. The van der Waals surface area contributed by atoms with Crippen molar-refractivity contribution in [2.75, 3.05) is 24.2 Å². The highest BCUT2D eigenvalue weighted by atomic mass is 32.1. The van der Waals surface area contributed by atoms with E-state index in [-0.39, 0.29) is 17.2 Å². The predicted molar refractivity (Wildman–Crippen MR) is 94.7 cm³/mol. The first-order valence-electron chi connectivity index (χ1n) is 7.51. The van der Waals surface area contributed by atoms with Gasteiger partial charge in [0, 0.05) is 30.6 Å². The van der Waals surface area contributed by atoms with Crippen LogP contribution in [0.3, 0.4) is 0 Å². The van der Waals surface area contributed by atoms with Crippen molar-refractivity contribution in [2.24, 2.45) is 0 Å². The number of amides is 1. The van der Waals surface area contributed by atoms with Crippen molar-refractivity contribution in [3.8, 4) is 6.07 Å². The molecule has 0 atom stereocenters. The highest BCUT2D eigenvalue weighted by Gasteiger charge is 2.27. The van der Waals surface area contributed by atoms with Crippen LogP contribution >= 0.6 is 11.3 Å². The van der Waals surface area contributed by atoms with Gasteiger partial charge in [-0.2, -0.15) is 5.26 Å². The quantitative estimate of drug-likeness (QED) is 0.639. The Morgan fingerprint density at radius 1 is 1.52 bits per heavy atom. The first-order valence-corrected chi connectivity index (χ1v) is 8.33. The number of benzene rings is 1. The van der Waals surface area contributed by atoms with Crippen LogP contribution in [0.15, 0.2) is 18.2 Å². The lowest BCUT2D eigenvalue weighted by molar-refractivity contribution is -0.384. The van der Waals surface area contributed by atoms with Crippen LogP contribution in [0.25, 0.3) is 0 Å². The number of carbonyl (C=O) groups excluding carboxylic acids is 1. The van der Waals surface area contributed by atoms with Gasteiger partial charge < -0.3 is 16.0 Å². The summed E-state index contributed by atoms with van der Waals surface area (Å²) in [6.07, 6.45) is 0.635. The standard InChI is InChI=1S/C16H15N5O3S/c1-19-16(22)11-6-9(21(23)24)2-3-13(11)20-5-4-10-12(7-17)15(18)25-14(10)8-20/h2-3,6H,4-5,8,18H2,1H3,(H,19,22). The van der Waals surface area contributed by atoms with Crippen LogP contribution in [0.2, 0.25) is 0 Å². The molecule has 0 unspecified atom stereocenters. The van der Waals surface area contributed by atoms with Gasteiger partial charge in [0.2, 0.25) is 0 Å². The fourth-order valence-corrected chi connectivity index (χ4v) is 4.07. The maximum Gasteiger partial charge on any atom is 0.270 e. The molecule has 0 bridgehead atoms. The lowest BCUT2D eigenvalue weighted by Gasteiger charge is -2.30. The zero-order chi connectivity index (χ0) is 18.1. The van der Waals surface area contributed by atoms with E-state index in [2.05, 4.69) is 11.4 Å². The molecule has 2 heterocycles. The Morgan fingerprint density at radius 3 is 2.92 bits per heavy atom. The summed E-state index contributed by atoms with van der Waals surface area (Å²) in [5.41, 5.74) is 8.16. The fourth-order valence-electron chi connectivity index (χ4n) is 2.98. The molecule has 0 saturated carbocycles. The normalized spacial score (nSPS) is 13.0. The predicted octanol–water partition coefficient (Wildman–Crippen LogP) is 2.03. The van der Waals surface area contributed by atoms with Crippen molar-refractivity contribution in [2.45, 2.75) is 13.0 Å². The van der Waals surface area contributed by atoms with Crippen molar-refractivity contribution in [1.82, 2.24) is 5.32 Å². The van der Waals surface area contributed by atoms with Crippen LogP contribution in [0.1, 0.15) is 26.4 Å². The van der Waals surface area contributed by atoms with Gasteiger partial charge in [-0.15, -0.1) is 11.3 Å². The minimum absolute atomic E-state index is 0.132. The summed E-state index contributed by atoms with van der Waals surface area (Å²) in [7, 11) is 1.48. The number of nitro benzene ring substituents is 1. The summed E-state index contributed by atoms with van der Waals surface area (Å²) >= 11 is 1.37. The molecule has 128 valence electrons. The maximum atomic E-state index is 12.2. The molecule has 25 heavy (non-hydrogen) atoms. The molecule has 9 heteroatoms. The number of nitrogens with zero attached hydrogens (tertiary/aromatic N) is 3. The number of nitro groups is 1. The lowest BCUT2D eigenvalue weighted by Crippen LogP contribution is -2.32. The van der Waals surface area contributed by atoms with E-state index < -0.39 is 4.92 Å². The maximum absolute atomic E-state index is 12.2. The largest absolute Gasteiger partial charge is 0.389 e. The Balaban J connectivity index is 2.01. The topological polar surface area (TPSA) is 125 Å². The van der Waals surface area contributed by atoms with E-state index in [1.54, 1.807) is 6.07 Å². The number of nitrogen functional groups attached to an aromatic ring is 1. The minimum atomic E-state index is -0.524. The molecule has 1 aromatic carbocycles. The molecule has 1 aliphatic heterocycles. The van der Waals surface area contributed by atoms with Gasteiger partial charge in [-0.25, -0.2) is 0 Å². The highest BCUT2D eigenvalue weighted by molar-refractivity contribution is 7.16. The molecular formula is C16H15N5O3S.